The van der Waals surface area contributed by atoms with Gasteiger partial charge in [0, 0.05) is 30.7 Å². The van der Waals surface area contributed by atoms with Gasteiger partial charge in [0.2, 0.25) is 5.91 Å². The molecule has 1 amide bonds. The number of nitrogens with one attached hydrogen (secondary N) is 1. The molecule has 28 heavy (non-hydrogen) atoms. The summed E-state index contributed by atoms with van der Waals surface area (Å²) >= 11 is 5.95. The lowest BCUT2D eigenvalue weighted by molar-refractivity contribution is -0.121. The third-order valence-corrected chi connectivity index (χ3v) is 5.70. The van der Waals surface area contributed by atoms with Crippen molar-refractivity contribution in [2.24, 2.45) is 0 Å². The average molecular weight is 393 g/mol. The third-order valence-electron chi connectivity index (χ3n) is 5.45. The Morgan fingerprint density at radius 3 is 2.36 bits per heavy atom. The normalized spacial score (nSPS) is 15.6. The monoisotopic (exact) mass is 392 g/mol. The van der Waals surface area contributed by atoms with Crippen LogP contribution in [0.2, 0.25) is 5.02 Å². The molecule has 4 heteroatoms. The Morgan fingerprint density at radius 2 is 1.61 bits per heavy atom. The van der Waals surface area contributed by atoms with Crippen molar-refractivity contribution in [1.82, 2.24) is 10.2 Å². The molecule has 1 saturated heterocycles. The largest absolute Gasteiger partial charge is 0.353 e. The van der Waals surface area contributed by atoms with Crippen LogP contribution in [0.1, 0.15) is 24.0 Å². The van der Waals surface area contributed by atoms with Crippen LogP contribution in [-0.4, -0.2) is 29.9 Å². The summed E-state index contributed by atoms with van der Waals surface area (Å²) in [5, 5.41) is 6.39. The first-order chi connectivity index (χ1) is 13.7. The van der Waals surface area contributed by atoms with Gasteiger partial charge in [-0.2, -0.15) is 0 Å². The Hall–Kier alpha value is -2.36. The Labute approximate surface area is 171 Å². The van der Waals surface area contributed by atoms with Gasteiger partial charge in [-0.1, -0.05) is 66.2 Å². The molecule has 0 bridgehead atoms. The summed E-state index contributed by atoms with van der Waals surface area (Å²) in [6, 6.07) is 22.8. The van der Waals surface area contributed by atoms with E-state index in [1.54, 1.807) is 0 Å². The topological polar surface area (TPSA) is 32.3 Å². The molecule has 3 nitrogen and oxygen atoms in total. The van der Waals surface area contributed by atoms with E-state index in [0.717, 1.165) is 43.1 Å². The standard InChI is InChI=1S/C24H25ClN2O/c25-22-9-6-18(7-10-22)17-27-13-11-23(12-14-27)26-24(28)16-19-5-8-20-3-1-2-4-21(20)15-19/h1-10,15,23H,11-14,16-17H2,(H,26,28). The molecule has 0 spiro atoms. The van der Waals surface area contributed by atoms with E-state index in [-0.39, 0.29) is 11.9 Å². The number of hydrogen-bond acceptors (Lipinski definition) is 2. The Bertz CT molecular complexity index is 946. The van der Waals surface area contributed by atoms with Crippen LogP contribution in [0, 0.1) is 0 Å². The highest BCUT2D eigenvalue weighted by Crippen LogP contribution is 2.18. The summed E-state index contributed by atoms with van der Waals surface area (Å²) in [5.41, 5.74) is 2.35. The highest BCUT2D eigenvalue weighted by atomic mass is 35.5. The zero-order valence-electron chi connectivity index (χ0n) is 15.9. The van der Waals surface area contributed by atoms with E-state index in [0.29, 0.717) is 6.42 Å². The highest BCUT2D eigenvalue weighted by molar-refractivity contribution is 6.30. The molecule has 1 aliphatic rings. The number of rotatable bonds is 5. The van der Waals surface area contributed by atoms with Crippen molar-refractivity contribution in [3.05, 3.63) is 82.9 Å². The average Bonchev–Trinajstić information content (AvgIpc) is 2.71. The van der Waals surface area contributed by atoms with Crippen LogP contribution in [-0.2, 0) is 17.8 Å². The first-order valence-electron chi connectivity index (χ1n) is 9.89. The molecule has 0 saturated carbocycles. The summed E-state index contributed by atoms with van der Waals surface area (Å²) in [6.07, 6.45) is 2.43. The second kappa shape index (κ2) is 8.76. The number of likely N-dealkylation sites (tertiary alicyclic amines) is 1. The Morgan fingerprint density at radius 1 is 0.929 bits per heavy atom. The molecule has 1 aliphatic heterocycles. The summed E-state index contributed by atoms with van der Waals surface area (Å²) in [4.78, 5) is 14.9. The van der Waals surface area contributed by atoms with Crippen LogP contribution in [0.25, 0.3) is 10.8 Å². The smallest absolute Gasteiger partial charge is 0.224 e. The second-order valence-electron chi connectivity index (χ2n) is 7.60. The fourth-order valence-electron chi connectivity index (χ4n) is 3.90. The fourth-order valence-corrected chi connectivity index (χ4v) is 4.02. The Balaban J connectivity index is 1.25. The predicted molar refractivity (Wildman–Crippen MR) is 116 cm³/mol. The number of nitrogens with zero attached hydrogens (tertiary/aromatic N) is 1. The van der Waals surface area contributed by atoms with Gasteiger partial charge in [-0.05, 0) is 46.9 Å². The van der Waals surface area contributed by atoms with Gasteiger partial charge in [0.25, 0.3) is 0 Å². The maximum absolute atomic E-state index is 12.5. The first kappa shape index (κ1) is 19.0. The van der Waals surface area contributed by atoms with Crippen molar-refractivity contribution >= 4 is 28.3 Å². The Kier molecular flexibility index (Phi) is 5.94. The minimum absolute atomic E-state index is 0.117. The molecule has 0 atom stereocenters. The molecule has 0 aliphatic carbocycles. The second-order valence-corrected chi connectivity index (χ2v) is 8.04. The number of piperidine rings is 1. The summed E-state index contributed by atoms with van der Waals surface area (Å²) < 4.78 is 0. The number of amides is 1. The van der Waals surface area contributed by atoms with E-state index in [1.807, 2.05) is 24.3 Å². The maximum Gasteiger partial charge on any atom is 0.224 e. The van der Waals surface area contributed by atoms with Crippen LogP contribution >= 0.6 is 11.6 Å². The number of carbonyl (C=O) groups is 1. The van der Waals surface area contributed by atoms with Gasteiger partial charge in [-0.3, -0.25) is 9.69 Å². The third kappa shape index (κ3) is 4.92. The first-order valence-corrected chi connectivity index (χ1v) is 10.3. The maximum atomic E-state index is 12.5. The fraction of sp³-hybridized carbons (Fsp3) is 0.292. The number of benzene rings is 3. The van der Waals surface area contributed by atoms with Gasteiger partial charge in [0.15, 0.2) is 0 Å². The molecule has 3 aromatic rings. The zero-order chi connectivity index (χ0) is 19.3. The molecule has 1 N–H and O–H groups in total. The van der Waals surface area contributed by atoms with Gasteiger partial charge in [0.1, 0.15) is 0 Å². The van der Waals surface area contributed by atoms with Crippen LogP contribution in [0.5, 0.6) is 0 Å². The minimum Gasteiger partial charge on any atom is -0.353 e. The lowest BCUT2D eigenvalue weighted by Gasteiger charge is -2.32. The molecule has 1 heterocycles. The van der Waals surface area contributed by atoms with Crippen LogP contribution in [0.4, 0.5) is 0 Å². The predicted octanol–water partition coefficient (Wildman–Crippen LogP) is 4.82. The summed E-state index contributed by atoms with van der Waals surface area (Å²) in [6.45, 7) is 2.95. The highest BCUT2D eigenvalue weighted by Gasteiger charge is 2.20. The van der Waals surface area contributed by atoms with Gasteiger partial charge < -0.3 is 5.32 Å². The van der Waals surface area contributed by atoms with E-state index in [4.69, 9.17) is 11.6 Å². The van der Waals surface area contributed by atoms with E-state index >= 15 is 0 Å². The SMILES string of the molecule is O=C(Cc1ccc2ccccc2c1)NC1CCN(Cc2ccc(Cl)cc2)CC1. The van der Waals surface area contributed by atoms with Crippen molar-refractivity contribution in [2.75, 3.05) is 13.1 Å². The molecule has 0 unspecified atom stereocenters. The van der Waals surface area contributed by atoms with Crippen molar-refractivity contribution in [3.8, 4) is 0 Å². The molecule has 144 valence electrons. The van der Waals surface area contributed by atoms with Gasteiger partial charge >= 0.3 is 0 Å². The van der Waals surface area contributed by atoms with Crippen LogP contribution < -0.4 is 5.32 Å². The van der Waals surface area contributed by atoms with E-state index < -0.39 is 0 Å². The van der Waals surface area contributed by atoms with E-state index in [2.05, 4.69) is 52.7 Å². The van der Waals surface area contributed by atoms with E-state index in [9.17, 15) is 4.79 Å². The van der Waals surface area contributed by atoms with Gasteiger partial charge in [-0.15, -0.1) is 0 Å². The molecule has 1 fully saturated rings. The molecular weight excluding hydrogens is 368 g/mol. The van der Waals surface area contributed by atoms with Gasteiger partial charge in [-0.25, -0.2) is 0 Å². The molecular formula is C24H25ClN2O. The van der Waals surface area contributed by atoms with Crippen molar-refractivity contribution < 1.29 is 4.79 Å². The van der Waals surface area contributed by atoms with Gasteiger partial charge in [0.05, 0.1) is 6.42 Å². The molecule has 0 aromatic heterocycles. The number of carbonyl (C=O) groups excluding carboxylic acids is 1. The number of hydrogen-bond donors (Lipinski definition) is 1. The summed E-state index contributed by atoms with van der Waals surface area (Å²) in [5.74, 6) is 0.117. The van der Waals surface area contributed by atoms with Crippen LogP contribution in [0.15, 0.2) is 66.7 Å². The molecule has 3 aromatic carbocycles. The zero-order valence-corrected chi connectivity index (χ0v) is 16.7. The lowest BCUT2D eigenvalue weighted by atomic mass is 10.0. The van der Waals surface area contributed by atoms with Crippen LogP contribution in [0.3, 0.4) is 0 Å². The molecule has 4 rings (SSSR count). The van der Waals surface area contributed by atoms with Crippen molar-refractivity contribution in [2.45, 2.75) is 31.8 Å². The summed E-state index contributed by atoms with van der Waals surface area (Å²) in [7, 11) is 0. The minimum atomic E-state index is 0.117. The quantitative estimate of drug-likeness (QED) is 0.675. The van der Waals surface area contributed by atoms with Crippen molar-refractivity contribution in [1.29, 1.82) is 0 Å². The lowest BCUT2D eigenvalue weighted by Crippen LogP contribution is -2.44. The van der Waals surface area contributed by atoms with E-state index in [1.165, 1.54) is 16.3 Å². The number of halogens is 1. The molecule has 0 radical (unpaired) electrons. The number of fused-ring (bicyclic) bond motifs is 1. The van der Waals surface area contributed by atoms with Crippen molar-refractivity contribution in [3.63, 3.8) is 0 Å².